The molecule has 0 aromatic carbocycles. The van der Waals surface area contributed by atoms with Gasteiger partial charge in [0, 0.05) is 33.8 Å². The second-order valence-corrected chi connectivity index (χ2v) is 16.4. The topological polar surface area (TPSA) is 12.4 Å². The molecule has 0 aromatic rings. The molecule has 0 bridgehead atoms. The summed E-state index contributed by atoms with van der Waals surface area (Å²) in [4.78, 5) is 0. The summed E-state index contributed by atoms with van der Waals surface area (Å²) in [5, 5.41) is 0. The normalized spacial score (nSPS) is 14.2. The Kier molecular flexibility index (Phi) is 15.2. The van der Waals surface area contributed by atoms with E-state index in [0.29, 0.717) is 16.2 Å². The molecule has 1 aliphatic carbocycles. The van der Waals surface area contributed by atoms with Crippen LogP contribution >= 0.6 is 7.05 Å². The summed E-state index contributed by atoms with van der Waals surface area (Å²) in [6, 6.07) is 0. The van der Waals surface area contributed by atoms with E-state index in [2.05, 4.69) is 93.7 Å². The van der Waals surface area contributed by atoms with Gasteiger partial charge in [-0.25, -0.2) is 0 Å². The molecule has 178 valence electrons. The summed E-state index contributed by atoms with van der Waals surface area (Å²) in [7, 11) is -1.32. The van der Waals surface area contributed by atoms with E-state index in [0.717, 1.165) is 12.0 Å². The molecule has 0 amide bonds. The zero-order chi connectivity index (χ0) is 23.6. The van der Waals surface area contributed by atoms with Gasteiger partial charge in [0.15, 0.2) is 0 Å². The maximum atomic E-state index is 5.53. The zero-order valence-corrected chi connectivity index (χ0v) is 25.0. The minimum Gasteiger partial charge on any atom is -0.272 e. The van der Waals surface area contributed by atoms with E-state index in [1.807, 2.05) is 6.92 Å². The summed E-state index contributed by atoms with van der Waals surface area (Å²) in [5.41, 5.74) is 3.54. The van der Waals surface area contributed by atoms with Crippen molar-refractivity contribution in [2.45, 2.75) is 94.9 Å². The maximum absolute atomic E-state index is 5.53. The van der Waals surface area contributed by atoms with Crippen molar-refractivity contribution in [2.24, 2.45) is 21.0 Å². The van der Waals surface area contributed by atoms with E-state index < -0.39 is 7.05 Å². The standard InChI is InChI=1S/C23H44NP.C5H8.Ti/c1-21(2,3)14-17-25(18-15-22(4,5)6,19-16-23(7,8)9)24-20-12-10-11-13-20;1-4-5(2)3;/h10-12H,13-19H2,1-9H3;4H,1-2H2,3H3;. The number of hydrogen-bond donors (Lipinski definition) is 0. The van der Waals surface area contributed by atoms with Crippen molar-refractivity contribution in [1.29, 1.82) is 0 Å². The molecule has 0 saturated carbocycles. The Bertz CT molecular complexity index is 608. The molecule has 0 fully saturated rings. The van der Waals surface area contributed by atoms with Crippen LogP contribution in [-0.4, -0.2) is 18.5 Å². The van der Waals surface area contributed by atoms with Gasteiger partial charge in [-0.15, -0.1) is 0 Å². The Morgan fingerprint density at radius 2 is 1.26 bits per heavy atom. The molecule has 31 heavy (non-hydrogen) atoms. The van der Waals surface area contributed by atoms with Crippen molar-refractivity contribution >= 4 is 7.05 Å². The van der Waals surface area contributed by atoms with Crippen molar-refractivity contribution < 1.29 is 21.7 Å². The summed E-state index contributed by atoms with van der Waals surface area (Å²) in [6.07, 6.45) is 17.3. The molecule has 1 rings (SSSR count). The van der Waals surface area contributed by atoms with E-state index >= 15 is 0 Å². The zero-order valence-electron chi connectivity index (χ0n) is 22.6. The van der Waals surface area contributed by atoms with Gasteiger partial charge in [-0.05, 0) is 74.0 Å². The number of hydrogen-bond acceptors (Lipinski definition) is 1. The van der Waals surface area contributed by atoms with Crippen LogP contribution < -0.4 is 0 Å². The monoisotopic (exact) mass is 481 g/mol. The smallest absolute Gasteiger partial charge is 0.0425 e. The van der Waals surface area contributed by atoms with Crippen LogP contribution in [0.3, 0.4) is 0 Å². The van der Waals surface area contributed by atoms with Crippen molar-refractivity contribution in [3.8, 4) is 0 Å². The fraction of sp³-hybridized carbons (Fsp3) is 0.714. The van der Waals surface area contributed by atoms with E-state index in [1.54, 1.807) is 6.08 Å². The van der Waals surface area contributed by atoms with Gasteiger partial charge in [-0.3, -0.25) is 4.74 Å². The minimum atomic E-state index is -1.32. The minimum absolute atomic E-state index is 0. The fourth-order valence-electron chi connectivity index (χ4n) is 2.90. The average molecular weight is 482 g/mol. The molecule has 1 nitrogen and oxygen atoms in total. The predicted molar refractivity (Wildman–Crippen MR) is 143 cm³/mol. The summed E-state index contributed by atoms with van der Waals surface area (Å²) < 4.78 is 5.53. The Hall–Kier alpha value is -0.0957. The van der Waals surface area contributed by atoms with Crippen molar-refractivity contribution in [2.75, 3.05) is 18.5 Å². The Morgan fingerprint density at radius 1 is 0.903 bits per heavy atom. The maximum Gasteiger partial charge on any atom is 0.0425 e. The van der Waals surface area contributed by atoms with Crippen LogP contribution in [0.25, 0.3) is 0 Å². The predicted octanol–water partition coefficient (Wildman–Crippen LogP) is 10.1. The van der Waals surface area contributed by atoms with E-state index in [1.165, 1.54) is 43.4 Å². The molecule has 0 heterocycles. The van der Waals surface area contributed by atoms with Crippen LogP contribution in [0.2, 0.25) is 0 Å². The van der Waals surface area contributed by atoms with Gasteiger partial charge in [0.2, 0.25) is 0 Å². The SMILES string of the molecule is C=CC(=C)C.CC(C)(C)CCP(CCC(C)(C)C)(CCC(C)(C)C)=NC1=CC=CC1.[Ti]. The molecule has 0 spiro atoms. The van der Waals surface area contributed by atoms with Gasteiger partial charge in [0.1, 0.15) is 0 Å². The molecule has 0 aliphatic heterocycles. The summed E-state index contributed by atoms with van der Waals surface area (Å²) in [6.45, 7) is 30.4. The molecule has 0 aromatic heterocycles. The third-order valence-corrected chi connectivity index (χ3v) is 9.12. The van der Waals surface area contributed by atoms with Gasteiger partial charge in [-0.1, -0.05) is 99.3 Å². The number of rotatable bonds is 8. The van der Waals surface area contributed by atoms with E-state index in [9.17, 15) is 0 Å². The van der Waals surface area contributed by atoms with Crippen LogP contribution in [0, 0.1) is 16.2 Å². The third kappa shape index (κ3) is 19.1. The molecule has 0 unspecified atom stereocenters. The molecule has 0 N–H and O–H groups in total. The first-order chi connectivity index (χ1) is 13.5. The molecule has 0 radical (unpaired) electrons. The molecule has 1 aliphatic rings. The quantitative estimate of drug-likeness (QED) is 0.186. The van der Waals surface area contributed by atoms with Crippen molar-refractivity contribution in [3.63, 3.8) is 0 Å². The summed E-state index contributed by atoms with van der Waals surface area (Å²) in [5.74, 6) is 0. The van der Waals surface area contributed by atoms with Crippen LogP contribution in [0.1, 0.15) is 94.9 Å². The Labute approximate surface area is 211 Å². The van der Waals surface area contributed by atoms with Crippen LogP contribution in [0.15, 0.2) is 53.5 Å². The van der Waals surface area contributed by atoms with Crippen molar-refractivity contribution in [3.05, 3.63) is 48.7 Å². The molecule has 0 saturated heterocycles. The second-order valence-electron chi connectivity index (χ2n) is 12.6. The molecule has 0 atom stereocenters. The van der Waals surface area contributed by atoms with Gasteiger partial charge < -0.3 is 0 Å². The van der Waals surface area contributed by atoms with E-state index in [4.69, 9.17) is 4.74 Å². The van der Waals surface area contributed by atoms with Crippen LogP contribution in [-0.2, 0) is 21.7 Å². The molecular formula is C28H52NPTi. The van der Waals surface area contributed by atoms with Gasteiger partial charge >= 0.3 is 0 Å². The fourth-order valence-corrected chi connectivity index (χ4v) is 7.82. The largest absolute Gasteiger partial charge is 0.272 e. The third-order valence-electron chi connectivity index (χ3n) is 5.27. The van der Waals surface area contributed by atoms with Gasteiger partial charge in [0.25, 0.3) is 0 Å². The van der Waals surface area contributed by atoms with E-state index in [-0.39, 0.29) is 21.7 Å². The van der Waals surface area contributed by atoms with Gasteiger partial charge in [-0.2, -0.15) is 0 Å². The molecule has 3 heteroatoms. The first kappa shape index (κ1) is 33.1. The first-order valence-electron chi connectivity index (χ1n) is 11.7. The first-order valence-corrected chi connectivity index (χ1v) is 14.0. The summed E-state index contributed by atoms with van der Waals surface area (Å²) >= 11 is 0. The Balaban J connectivity index is 0. The molecular weight excluding hydrogens is 429 g/mol. The Morgan fingerprint density at radius 3 is 1.48 bits per heavy atom. The average Bonchev–Trinajstić information content (AvgIpc) is 3.07. The van der Waals surface area contributed by atoms with Gasteiger partial charge in [0.05, 0.1) is 0 Å². The van der Waals surface area contributed by atoms with Crippen molar-refractivity contribution in [1.82, 2.24) is 0 Å². The van der Waals surface area contributed by atoms with Crippen LogP contribution in [0.4, 0.5) is 0 Å². The number of allylic oxidation sites excluding steroid dienone is 5. The number of nitrogens with zero attached hydrogens (tertiary/aromatic N) is 1. The van der Waals surface area contributed by atoms with Crippen LogP contribution in [0.5, 0.6) is 0 Å². The second kappa shape index (κ2) is 14.2.